The number of likely N-dealkylation sites (tertiary alicyclic amines) is 1. The van der Waals surface area contributed by atoms with Gasteiger partial charge in [0.05, 0.1) is 42.2 Å². The lowest BCUT2D eigenvalue weighted by Gasteiger charge is -2.43. The summed E-state index contributed by atoms with van der Waals surface area (Å²) in [4.78, 5) is 190. The van der Waals surface area contributed by atoms with Crippen LogP contribution >= 0.6 is 34.8 Å². The Labute approximate surface area is 584 Å². The third-order valence-corrected chi connectivity index (χ3v) is 24.2. The molecule has 7 fully saturated rings. The Balaban J connectivity index is 1.25. The second-order valence-electron chi connectivity index (χ2n) is 29.2. The molecule has 3 N–H and O–H groups in total. The molecule has 27 heteroatoms. The first-order valence-corrected chi connectivity index (χ1v) is 37.0. The highest BCUT2D eigenvalue weighted by molar-refractivity contribution is 6.35. The average Bonchev–Trinajstić information content (AvgIpc) is 1.37. The Morgan fingerprint density at radius 3 is 1.76 bits per heavy atom. The minimum atomic E-state index is -1.48. The number of carbonyl (C=O) groups excluding carboxylic acids is 12. The number of rotatable bonds is 9. The molecule has 540 valence electrons. The number of amides is 12. The van der Waals surface area contributed by atoms with Crippen LogP contribution in [0.2, 0.25) is 0 Å². The molecule has 96 heavy (non-hydrogen) atoms. The summed E-state index contributed by atoms with van der Waals surface area (Å²) in [6, 6.07) is -8.11. The molecule has 3 saturated heterocycles. The molecule has 3 heterocycles. The zero-order valence-electron chi connectivity index (χ0n) is 58.8. The van der Waals surface area contributed by atoms with Crippen LogP contribution in [0, 0.1) is 23.7 Å². The summed E-state index contributed by atoms with van der Waals surface area (Å²) >= 11 is 20.0. The minimum Gasteiger partial charge on any atom is -0.343 e. The molecule has 0 aromatic rings. The average molecular weight is 1410 g/mol. The van der Waals surface area contributed by atoms with Gasteiger partial charge in [0, 0.05) is 69.0 Å². The SMILES string of the molecule is CC[C@H](C)[C@@H]1NC(=O)[C@H](C)N(C)C(=O)C[C@@H](C(=O)N2CCCCC2)N(C)C(=O)[C@H](C2CCCCC2)N(C)C(=O)C2(CCCC2)NC(=O)[C@@H]2CCCN2C(=O)[C@H](CCC2CC(Cl)C(Cl)C(Cl)C2)NC(=O)CN(C)C(=O)[C@H](CC2CCCCC2)N(C)C(=O)CN(C)C(=O)CN(C)C1=O. The Morgan fingerprint density at radius 2 is 1.15 bits per heavy atom. The Morgan fingerprint density at radius 1 is 0.562 bits per heavy atom. The van der Waals surface area contributed by atoms with Gasteiger partial charge in [0.15, 0.2) is 0 Å². The number of fused-ring (bicyclic) bond motifs is 1. The highest BCUT2D eigenvalue weighted by atomic mass is 35.5. The number of likely N-dealkylation sites (N-methyl/N-ethyl adjacent to an activating group) is 7. The van der Waals surface area contributed by atoms with Gasteiger partial charge in [0.2, 0.25) is 70.9 Å². The quantitative estimate of drug-likeness (QED) is 0.255. The Bertz CT molecular complexity index is 2770. The van der Waals surface area contributed by atoms with Gasteiger partial charge in [0.1, 0.15) is 47.8 Å². The first kappa shape index (κ1) is 77.9. The van der Waals surface area contributed by atoms with E-state index in [9.17, 15) is 38.4 Å². The molecule has 1 spiro atoms. The van der Waals surface area contributed by atoms with Crippen molar-refractivity contribution < 1.29 is 57.5 Å². The molecule has 3 aliphatic heterocycles. The van der Waals surface area contributed by atoms with E-state index in [1.807, 2.05) is 6.92 Å². The fourth-order valence-corrected chi connectivity index (χ4v) is 16.9. The minimum absolute atomic E-state index is 0.0694. The molecule has 24 nitrogen and oxygen atoms in total. The maximum atomic E-state index is 15.7. The zero-order valence-corrected chi connectivity index (χ0v) is 61.0. The van der Waals surface area contributed by atoms with Crippen LogP contribution in [0.5, 0.6) is 0 Å². The van der Waals surface area contributed by atoms with Gasteiger partial charge >= 0.3 is 0 Å². The number of alkyl halides is 3. The van der Waals surface area contributed by atoms with Crippen molar-refractivity contribution in [1.82, 2.24) is 60.0 Å². The van der Waals surface area contributed by atoms with Gasteiger partial charge in [-0.25, -0.2) is 0 Å². The smallest absolute Gasteiger partial charge is 0.248 e. The number of hydrogen-bond donors (Lipinski definition) is 3. The van der Waals surface area contributed by atoms with Crippen LogP contribution in [0.3, 0.4) is 0 Å². The molecule has 2 unspecified atom stereocenters. The van der Waals surface area contributed by atoms with Crippen molar-refractivity contribution in [2.45, 2.75) is 252 Å². The lowest BCUT2D eigenvalue weighted by molar-refractivity contribution is -0.157. The van der Waals surface area contributed by atoms with E-state index in [0.29, 0.717) is 77.3 Å². The highest BCUT2D eigenvalue weighted by Crippen LogP contribution is 2.39. The third-order valence-electron chi connectivity index (χ3n) is 22.5. The summed E-state index contributed by atoms with van der Waals surface area (Å²) in [5.41, 5.74) is -1.48. The van der Waals surface area contributed by atoms with Crippen LogP contribution in [0.1, 0.15) is 188 Å². The van der Waals surface area contributed by atoms with Gasteiger partial charge in [0.25, 0.3) is 0 Å². The van der Waals surface area contributed by atoms with E-state index >= 15 is 19.2 Å². The van der Waals surface area contributed by atoms with Gasteiger partial charge < -0.3 is 60.0 Å². The number of nitrogens with zero attached hydrogens (tertiary/aromatic N) is 9. The predicted octanol–water partition coefficient (Wildman–Crippen LogP) is 5.10. The first-order chi connectivity index (χ1) is 45.5. The van der Waals surface area contributed by atoms with Crippen molar-refractivity contribution in [3.8, 4) is 0 Å². The topological polar surface area (TPSA) is 270 Å². The van der Waals surface area contributed by atoms with Crippen LogP contribution in [-0.4, -0.2) is 268 Å². The lowest BCUT2D eigenvalue weighted by atomic mass is 9.81. The fourth-order valence-electron chi connectivity index (χ4n) is 15.8. The number of piperidine rings is 1. The van der Waals surface area contributed by atoms with Crippen LogP contribution in [0.25, 0.3) is 0 Å². The van der Waals surface area contributed by atoms with E-state index in [-0.39, 0.29) is 50.0 Å². The molecule has 4 saturated carbocycles. The summed E-state index contributed by atoms with van der Waals surface area (Å²) in [6.07, 6.45) is 14.7. The van der Waals surface area contributed by atoms with Crippen molar-refractivity contribution in [3.63, 3.8) is 0 Å². The number of nitrogens with one attached hydrogen (secondary N) is 3. The second-order valence-corrected chi connectivity index (χ2v) is 30.9. The zero-order chi connectivity index (χ0) is 70.5. The van der Waals surface area contributed by atoms with E-state index in [2.05, 4.69) is 16.0 Å². The molecule has 7 aliphatic rings. The fraction of sp³-hybridized carbons (Fsp3) is 0.826. The summed E-state index contributed by atoms with van der Waals surface area (Å²) in [6.45, 7) is 4.63. The van der Waals surface area contributed by atoms with Gasteiger partial charge in [-0.05, 0) is 120 Å². The van der Waals surface area contributed by atoms with Gasteiger partial charge in [-0.2, -0.15) is 0 Å². The predicted molar refractivity (Wildman–Crippen MR) is 366 cm³/mol. The normalized spacial score (nSPS) is 31.4. The van der Waals surface area contributed by atoms with E-state index in [0.717, 1.165) is 75.5 Å². The van der Waals surface area contributed by atoms with E-state index in [4.69, 9.17) is 34.8 Å². The maximum Gasteiger partial charge on any atom is 0.248 e. The maximum absolute atomic E-state index is 15.7. The molecule has 0 aromatic carbocycles. The lowest BCUT2D eigenvalue weighted by Crippen LogP contribution is -2.65. The molecule has 4 aliphatic carbocycles. The van der Waals surface area contributed by atoms with Crippen molar-refractivity contribution in [1.29, 1.82) is 0 Å². The largest absolute Gasteiger partial charge is 0.343 e. The molecule has 0 aromatic heterocycles. The number of halogens is 3. The van der Waals surface area contributed by atoms with E-state index in [1.54, 1.807) is 18.9 Å². The van der Waals surface area contributed by atoms with Crippen LogP contribution in [0.15, 0.2) is 0 Å². The Kier molecular flexibility index (Phi) is 28.8. The summed E-state index contributed by atoms with van der Waals surface area (Å²) in [7, 11) is 10.2. The summed E-state index contributed by atoms with van der Waals surface area (Å²) in [5.74, 6) is -7.68. The molecular weight excluding hydrogens is 1300 g/mol. The van der Waals surface area contributed by atoms with Gasteiger partial charge in [-0.15, -0.1) is 34.8 Å². The molecule has 7 rings (SSSR count). The van der Waals surface area contributed by atoms with Crippen LogP contribution in [0.4, 0.5) is 0 Å². The second kappa shape index (κ2) is 35.5. The molecule has 10 atom stereocenters. The molecule has 12 amide bonds. The van der Waals surface area contributed by atoms with E-state index in [1.165, 1.54) is 83.5 Å². The first-order valence-electron chi connectivity index (χ1n) is 35.7. The third kappa shape index (κ3) is 19.3. The van der Waals surface area contributed by atoms with Crippen molar-refractivity contribution in [3.05, 3.63) is 0 Å². The van der Waals surface area contributed by atoms with Crippen molar-refractivity contribution in [2.75, 3.05) is 88.6 Å². The van der Waals surface area contributed by atoms with Crippen LogP contribution < -0.4 is 16.0 Å². The highest BCUT2D eigenvalue weighted by Gasteiger charge is 2.51. The summed E-state index contributed by atoms with van der Waals surface area (Å²) in [5, 5.41) is 7.58. The Hall–Kier alpha value is -5.49. The monoisotopic (exact) mass is 1400 g/mol. The molecule has 0 bridgehead atoms. The van der Waals surface area contributed by atoms with Crippen molar-refractivity contribution in [2.24, 2.45) is 23.7 Å². The van der Waals surface area contributed by atoms with Crippen LogP contribution in [-0.2, 0) is 57.5 Å². The number of carbonyl (C=O) groups is 12. The number of hydrogen-bond acceptors (Lipinski definition) is 12. The van der Waals surface area contributed by atoms with Crippen molar-refractivity contribution >= 4 is 106 Å². The summed E-state index contributed by atoms with van der Waals surface area (Å²) < 4.78 is 0. The molecular formula is C69H111Cl3N12O12. The van der Waals surface area contributed by atoms with Gasteiger partial charge in [-0.3, -0.25) is 57.5 Å². The standard InChI is InChI=1S/C69H111Cl3N12O12/c1-11-43(2)59-66(94)78(6)41-56(87)76(4)42-57(88)80(8)52(38-45-24-15-12-16-25-45)64(92)77(5)40-54(85)73-50(30-29-46-36-48(70)58(72)49(71)37-46)63(91)84-35-23-28-51(84)62(90)75-69(31-19-20-32-69)68(96)82(10)60(47-26-17-13-18-27-47)67(95)81(9)53(65(93)83-33-21-14-22-34-83)39-55(86)79(7)44(3)61(89)74-59/h43-53,58-60H,11-42H2,1-10H3,(H,73,85)(H,74,89)(H,75,90)/t43-,44-,46?,48?,49?,50-,51-,52-,53-,58?,59-,60-/m0/s1. The molecule has 0 radical (unpaired) electrons. The van der Waals surface area contributed by atoms with Gasteiger partial charge in [-0.1, -0.05) is 84.5 Å². The van der Waals surface area contributed by atoms with E-state index < -0.39 is 167 Å².